The van der Waals surface area contributed by atoms with Gasteiger partial charge in [0.15, 0.2) is 0 Å². The summed E-state index contributed by atoms with van der Waals surface area (Å²) >= 11 is 0. The molecule has 2 atom stereocenters. The van der Waals surface area contributed by atoms with Gasteiger partial charge in [0.2, 0.25) is 0 Å². The van der Waals surface area contributed by atoms with Crippen LogP contribution in [0.3, 0.4) is 0 Å². The molecule has 0 saturated carbocycles. The molecule has 0 heteroatoms. The van der Waals surface area contributed by atoms with Crippen molar-refractivity contribution in [3.63, 3.8) is 0 Å². The molecule has 9 aromatic rings. The second-order valence-corrected chi connectivity index (χ2v) is 17.8. The maximum atomic E-state index is 2.62. The zero-order chi connectivity index (χ0) is 43.4. The highest BCUT2D eigenvalue weighted by molar-refractivity contribution is 5.97. The Labute approximate surface area is 385 Å². The van der Waals surface area contributed by atoms with E-state index in [1.165, 1.54) is 89.0 Å². The van der Waals surface area contributed by atoms with Gasteiger partial charge in [-0.25, -0.2) is 0 Å². The van der Waals surface area contributed by atoms with Gasteiger partial charge in [-0.3, -0.25) is 0 Å². The summed E-state index contributed by atoms with van der Waals surface area (Å²) in [4.78, 5) is 0. The van der Waals surface area contributed by atoms with Gasteiger partial charge in [-0.2, -0.15) is 0 Å². The zero-order valence-electron chi connectivity index (χ0n) is 36.7. The molecule has 2 aliphatic rings. The predicted octanol–water partition coefficient (Wildman–Crippen LogP) is 16.8. The number of fused-ring (bicyclic) bond motifs is 3. The van der Waals surface area contributed by atoms with Gasteiger partial charge in [-0.15, -0.1) is 0 Å². The Kier molecular flexibility index (Phi) is 11.1. The molecule has 0 nitrogen and oxygen atoms in total. The minimum absolute atomic E-state index is 0.368. The third kappa shape index (κ3) is 7.70. The lowest BCUT2D eigenvalue weighted by molar-refractivity contribution is 0.484. The van der Waals surface area contributed by atoms with E-state index in [4.69, 9.17) is 0 Å². The molecular formula is C65H52. The van der Waals surface area contributed by atoms with E-state index in [2.05, 4.69) is 255 Å². The Bertz CT molecular complexity index is 3050. The fourth-order valence-electron chi connectivity index (χ4n) is 11.0. The molecule has 0 bridgehead atoms. The summed E-state index contributed by atoms with van der Waals surface area (Å²) in [6.07, 6.45) is 11.4. The molecule has 9 aromatic carbocycles. The Morgan fingerprint density at radius 2 is 0.954 bits per heavy atom. The Morgan fingerprint density at radius 3 is 1.52 bits per heavy atom. The van der Waals surface area contributed by atoms with E-state index in [-0.39, 0.29) is 0 Å². The van der Waals surface area contributed by atoms with Crippen LogP contribution in [0.2, 0.25) is 0 Å². The van der Waals surface area contributed by atoms with Crippen LogP contribution in [0.15, 0.2) is 255 Å². The molecule has 312 valence electrons. The van der Waals surface area contributed by atoms with E-state index < -0.39 is 5.41 Å². The molecule has 0 fully saturated rings. The fraction of sp³-hybridized carbons (Fsp3) is 0.108. The van der Waals surface area contributed by atoms with Crippen molar-refractivity contribution in [3.05, 3.63) is 294 Å². The first-order chi connectivity index (χ1) is 32.2. The van der Waals surface area contributed by atoms with Crippen LogP contribution in [0.4, 0.5) is 0 Å². The highest BCUT2D eigenvalue weighted by Crippen LogP contribution is 2.59. The maximum Gasteiger partial charge on any atom is 0.0713 e. The molecule has 0 spiro atoms. The lowest BCUT2D eigenvalue weighted by Gasteiger charge is -2.34. The van der Waals surface area contributed by atoms with E-state index in [1.807, 2.05) is 0 Å². The molecule has 2 unspecified atom stereocenters. The van der Waals surface area contributed by atoms with E-state index in [0.29, 0.717) is 11.8 Å². The molecule has 0 saturated heterocycles. The number of rotatable bonds is 12. The van der Waals surface area contributed by atoms with E-state index in [1.54, 1.807) is 0 Å². The maximum absolute atomic E-state index is 2.62. The van der Waals surface area contributed by atoms with Crippen molar-refractivity contribution in [1.82, 2.24) is 0 Å². The first-order valence-corrected chi connectivity index (χ1v) is 23.4. The molecule has 0 radical (unpaired) electrons. The first kappa shape index (κ1) is 40.2. The van der Waals surface area contributed by atoms with Crippen molar-refractivity contribution in [3.8, 4) is 44.5 Å². The normalized spacial score (nSPS) is 15.1. The van der Waals surface area contributed by atoms with Gasteiger partial charge < -0.3 is 0 Å². The summed E-state index contributed by atoms with van der Waals surface area (Å²) in [5.41, 5.74) is 20.5. The summed E-state index contributed by atoms with van der Waals surface area (Å²) in [6, 6.07) is 87.9. The highest BCUT2D eigenvalue weighted by Gasteiger charge is 2.47. The Balaban J connectivity index is 1.05. The lowest BCUT2D eigenvalue weighted by Crippen LogP contribution is -2.28. The quantitative estimate of drug-likeness (QED) is 0.115. The second-order valence-electron chi connectivity index (χ2n) is 17.8. The van der Waals surface area contributed by atoms with Gasteiger partial charge in [0.05, 0.1) is 5.41 Å². The van der Waals surface area contributed by atoms with Crippen molar-refractivity contribution in [2.24, 2.45) is 5.92 Å². The van der Waals surface area contributed by atoms with Crippen LogP contribution >= 0.6 is 0 Å². The van der Waals surface area contributed by atoms with Crippen LogP contribution in [0.25, 0.3) is 50.1 Å². The van der Waals surface area contributed by atoms with Gasteiger partial charge in [0.25, 0.3) is 0 Å². The van der Waals surface area contributed by atoms with E-state index in [9.17, 15) is 0 Å². The van der Waals surface area contributed by atoms with Crippen LogP contribution in [-0.2, 0) is 11.8 Å². The van der Waals surface area contributed by atoms with Crippen LogP contribution in [0.5, 0.6) is 0 Å². The summed E-state index contributed by atoms with van der Waals surface area (Å²) in [5, 5.41) is 0. The third-order valence-corrected chi connectivity index (χ3v) is 14.1. The molecule has 0 amide bonds. The average molecular weight is 833 g/mol. The van der Waals surface area contributed by atoms with Crippen molar-refractivity contribution in [1.29, 1.82) is 0 Å². The number of aryl methyl sites for hydroxylation is 1. The van der Waals surface area contributed by atoms with Crippen molar-refractivity contribution in [2.75, 3.05) is 0 Å². The predicted molar refractivity (Wildman–Crippen MR) is 274 cm³/mol. The SMILES string of the molecule is C1=CC(CC(CCc2cc3c(cc2-c2ccccc2)-c2c(-c4ccccc4)cccc2C3(c2ccccc2)c2ccccc2)c2ccc(-c3ccccc3)cc2)CC=C1c1ccccc1. The third-order valence-electron chi connectivity index (χ3n) is 14.1. The zero-order valence-corrected chi connectivity index (χ0v) is 36.7. The van der Waals surface area contributed by atoms with Gasteiger partial charge in [0, 0.05) is 0 Å². The molecule has 65 heavy (non-hydrogen) atoms. The molecule has 0 heterocycles. The largest absolute Gasteiger partial charge is 0.0805 e. The van der Waals surface area contributed by atoms with Crippen molar-refractivity contribution < 1.29 is 0 Å². The van der Waals surface area contributed by atoms with Crippen LogP contribution in [0, 0.1) is 5.92 Å². The summed E-state index contributed by atoms with van der Waals surface area (Å²) < 4.78 is 0. The average Bonchev–Trinajstić information content (AvgIpc) is 3.69. The van der Waals surface area contributed by atoms with Crippen molar-refractivity contribution >= 4 is 5.57 Å². The summed E-state index contributed by atoms with van der Waals surface area (Å²) in [5.74, 6) is 0.831. The standard InChI is InChI=1S/C65H52/c1-7-20-48(21-8-1)50-36-34-47(35-37-50)44-55(52-40-38-51(39-41-52)49-22-9-2-10-23-49)42-43-56-45-63-61(46-60(56)54-26-13-4-14-27-54)64-59(53-24-11-3-12-25-53)32-19-33-62(64)65(63,57-28-15-5-16-29-57)58-30-17-6-18-31-58/h1-34,36-41,45-47,55H,35,42-44H2. The van der Waals surface area contributed by atoms with Gasteiger partial charge in [0.1, 0.15) is 0 Å². The Morgan fingerprint density at radius 1 is 0.431 bits per heavy atom. The van der Waals surface area contributed by atoms with Gasteiger partial charge >= 0.3 is 0 Å². The van der Waals surface area contributed by atoms with Crippen LogP contribution in [0.1, 0.15) is 64.1 Å². The molecular weight excluding hydrogens is 781 g/mol. The lowest BCUT2D eigenvalue weighted by atomic mass is 9.67. The minimum Gasteiger partial charge on any atom is -0.0805 e. The van der Waals surface area contributed by atoms with Crippen LogP contribution < -0.4 is 0 Å². The second kappa shape index (κ2) is 17.9. The number of hydrogen-bond acceptors (Lipinski definition) is 0. The molecule has 0 aromatic heterocycles. The molecule has 2 aliphatic carbocycles. The molecule has 0 aliphatic heterocycles. The number of allylic oxidation sites excluding steroid dienone is 4. The first-order valence-electron chi connectivity index (χ1n) is 23.4. The summed E-state index contributed by atoms with van der Waals surface area (Å²) in [7, 11) is 0. The monoisotopic (exact) mass is 832 g/mol. The number of benzene rings is 9. The van der Waals surface area contributed by atoms with Crippen LogP contribution in [-0.4, -0.2) is 0 Å². The van der Waals surface area contributed by atoms with Crippen molar-refractivity contribution in [2.45, 2.75) is 37.0 Å². The molecule has 11 rings (SSSR count). The Hall–Kier alpha value is -7.54. The summed E-state index contributed by atoms with van der Waals surface area (Å²) in [6.45, 7) is 0. The van der Waals surface area contributed by atoms with E-state index >= 15 is 0 Å². The number of hydrogen-bond donors (Lipinski definition) is 0. The van der Waals surface area contributed by atoms with Gasteiger partial charge in [-0.05, 0) is 133 Å². The van der Waals surface area contributed by atoms with Gasteiger partial charge in [-0.1, -0.05) is 249 Å². The smallest absolute Gasteiger partial charge is 0.0713 e. The van der Waals surface area contributed by atoms with E-state index in [0.717, 1.165) is 25.7 Å². The molecule has 0 N–H and O–H groups in total. The topological polar surface area (TPSA) is 0 Å². The minimum atomic E-state index is -0.510. The fourth-order valence-corrected chi connectivity index (χ4v) is 11.0. The highest BCUT2D eigenvalue weighted by atomic mass is 14.5.